The third kappa shape index (κ3) is 3.11. The Labute approximate surface area is 137 Å². The van der Waals surface area contributed by atoms with Gasteiger partial charge in [0, 0.05) is 26.2 Å². The summed E-state index contributed by atoms with van der Waals surface area (Å²) in [5.41, 5.74) is -0.694. The number of amides is 1. The number of hydrogen-bond donors (Lipinski definition) is 1. The molecule has 24 heavy (non-hydrogen) atoms. The molecular weight excluding hydrogens is 325 g/mol. The summed E-state index contributed by atoms with van der Waals surface area (Å²) in [4.78, 5) is 22.0. The molecule has 6 nitrogen and oxygen atoms in total. The molecule has 9 heteroatoms. The van der Waals surface area contributed by atoms with E-state index in [9.17, 15) is 18.0 Å². The highest BCUT2D eigenvalue weighted by molar-refractivity contribution is 5.65. The van der Waals surface area contributed by atoms with Crippen LogP contribution in [0.5, 0.6) is 0 Å². The van der Waals surface area contributed by atoms with Crippen molar-refractivity contribution in [3.63, 3.8) is 0 Å². The summed E-state index contributed by atoms with van der Waals surface area (Å²) < 4.78 is 38.1. The van der Waals surface area contributed by atoms with Gasteiger partial charge >= 0.3 is 12.3 Å². The monoisotopic (exact) mass is 344 g/mol. The van der Waals surface area contributed by atoms with Crippen LogP contribution in [0.15, 0.2) is 6.20 Å². The maximum absolute atomic E-state index is 12.7. The topological polar surface area (TPSA) is 69.6 Å². The van der Waals surface area contributed by atoms with Gasteiger partial charge in [-0.25, -0.2) is 14.8 Å². The van der Waals surface area contributed by atoms with Gasteiger partial charge in [-0.15, -0.1) is 0 Å². The van der Waals surface area contributed by atoms with Crippen molar-refractivity contribution in [2.75, 3.05) is 31.1 Å². The number of piperidine rings is 1. The number of hydrogen-bond acceptors (Lipinski definition) is 4. The molecule has 3 rings (SSSR count). The molecule has 0 atom stereocenters. The summed E-state index contributed by atoms with van der Waals surface area (Å²) >= 11 is 0. The normalized spacial score (nSPS) is 20.7. The second-order valence-corrected chi connectivity index (χ2v) is 6.60. The fourth-order valence-corrected chi connectivity index (χ4v) is 3.62. The molecule has 1 spiro atoms. The Kier molecular flexibility index (Phi) is 4.05. The minimum Gasteiger partial charge on any atom is -0.465 e. The van der Waals surface area contributed by atoms with Crippen molar-refractivity contribution in [2.45, 2.75) is 32.4 Å². The number of aromatic nitrogens is 2. The van der Waals surface area contributed by atoms with Crippen LogP contribution in [0.3, 0.4) is 0 Å². The first-order chi connectivity index (χ1) is 11.2. The van der Waals surface area contributed by atoms with Crippen LogP contribution in [0.4, 0.5) is 23.8 Å². The second kappa shape index (κ2) is 5.78. The summed E-state index contributed by atoms with van der Waals surface area (Å²) in [5.74, 6) is 0.487. The average molecular weight is 344 g/mol. The van der Waals surface area contributed by atoms with E-state index in [-0.39, 0.29) is 11.1 Å². The third-order valence-corrected chi connectivity index (χ3v) is 5.04. The predicted molar refractivity (Wildman–Crippen MR) is 79.9 cm³/mol. The molecule has 2 saturated heterocycles. The van der Waals surface area contributed by atoms with Crippen molar-refractivity contribution in [2.24, 2.45) is 5.41 Å². The van der Waals surface area contributed by atoms with Gasteiger partial charge in [-0.1, -0.05) is 0 Å². The van der Waals surface area contributed by atoms with Crippen LogP contribution in [0.25, 0.3) is 0 Å². The number of alkyl halides is 3. The molecule has 0 aliphatic carbocycles. The van der Waals surface area contributed by atoms with Crippen molar-refractivity contribution in [3.05, 3.63) is 17.6 Å². The molecule has 3 heterocycles. The smallest absolute Gasteiger partial charge is 0.434 e. The molecule has 0 unspecified atom stereocenters. The van der Waals surface area contributed by atoms with Crippen molar-refractivity contribution >= 4 is 11.9 Å². The van der Waals surface area contributed by atoms with Gasteiger partial charge < -0.3 is 14.9 Å². The lowest BCUT2D eigenvalue weighted by atomic mass is 9.78. The Morgan fingerprint density at radius 3 is 2.42 bits per heavy atom. The van der Waals surface area contributed by atoms with Gasteiger partial charge in [-0.3, -0.25) is 0 Å². The van der Waals surface area contributed by atoms with Crippen molar-refractivity contribution in [1.82, 2.24) is 14.9 Å². The van der Waals surface area contributed by atoms with Gasteiger partial charge in [0.15, 0.2) is 5.69 Å². The van der Waals surface area contributed by atoms with E-state index < -0.39 is 18.0 Å². The molecule has 2 aliphatic heterocycles. The average Bonchev–Trinajstić information content (AvgIpc) is 2.90. The van der Waals surface area contributed by atoms with Crippen LogP contribution in [0.1, 0.15) is 30.7 Å². The Morgan fingerprint density at radius 1 is 1.25 bits per heavy atom. The molecular formula is C15H19F3N4O2. The van der Waals surface area contributed by atoms with Crippen LogP contribution in [0.2, 0.25) is 0 Å². The minimum absolute atomic E-state index is 0.0166. The van der Waals surface area contributed by atoms with Crippen molar-refractivity contribution in [1.29, 1.82) is 0 Å². The number of rotatable bonds is 1. The first kappa shape index (κ1) is 16.8. The van der Waals surface area contributed by atoms with E-state index in [0.29, 0.717) is 32.0 Å². The van der Waals surface area contributed by atoms with Gasteiger partial charge in [0.2, 0.25) is 0 Å². The number of anilines is 1. The highest BCUT2D eigenvalue weighted by Crippen LogP contribution is 2.42. The lowest BCUT2D eigenvalue weighted by Crippen LogP contribution is -2.43. The summed E-state index contributed by atoms with van der Waals surface area (Å²) in [6.07, 6.45) is -2.19. The zero-order valence-corrected chi connectivity index (χ0v) is 13.3. The second-order valence-electron chi connectivity index (χ2n) is 6.60. The standard InChI is InChI=1S/C15H19F3N4O2/c1-10-12(19-8-11(20-10)15(16,17)18)22-7-4-14(9-22)2-5-21(6-3-14)13(23)24/h8H,2-7,9H2,1H3,(H,23,24). The fourth-order valence-electron chi connectivity index (χ4n) is 3.62. The Morgan fingerprint density at radius 2 is 1.88 bits per heavy atom. The summed E-state index contributed by atoms with van der Waals surface area (Å²) in [6.45, 7) is 3.92. The first-order valence-electron chi connectivity index (χ1n) is 7.84. The van der Waals surface area contributed by atoms with Crippen molar-refractivity contribution < 1.29 is 23.1 Å². The number of nitrogens with zero attached hydrogens (tertiary/aromatic N) is 4. The highest BCUT2D eigenvalue weighted by atomic mass is 19.4. The van der Waals surface area contributed by atoms with Crippen LogP contribution in [-0.4, -0.2) is 52.2 Å². The van der Waals surface area contributed by atoms with Crippen LogP contribution in [0, 0.1) is 12.3 Å². The van der Waals surface area contributed by atoms with E-state index in [1.54, 1.807) is 0 Å². The number of halogens is 3. The molecule has 1 N–H and O–H groups in total. The van der Waals surface area contributed by atoms with Gasteiger partial charge in [-0.05, 0) is 31.6 Å². The predicted octanol–water partition coefficient (Wildman–Crippen LogP) is 2.77. The maximum atomic E-state index is 12.7. The Hall–Kier alpha value is -2.06. The molecule has 1 aromatic rings. The number of aryl methyl sites for hydroxylation is 1. The van der Waals surface area contributed by atoms with Crippen molar-refractivity contribution in [3.8, 4) is 0 Å². The maximum Gasteiger partial charge on any atom is 0.434 e. The summed E-state index contributed by atoms with van der Waals surface area (Å²) in [6, 6.07) is 0. The zero-order chi connectivity index (χ0) is 17.5. The van der Waals surface area contributed by atoms with Crippen LogP contribution >= 0.6 is 0 Å². The molecule has 132 valence electrons. The molecule has 0 aromatic carbocycles. The van der Waals surface area contributed by atoms with Gasteiger partial charge in [0.1, 0.15) is 5.82 Å². The summed E-state index contributed by atoms with van der Waals surface area (Å²) in [7, 11) is 0. The molecule has 0 saturated carbocycles. The summed E-state index contributed by atoms with van der Waals surface area (Å²) in [5, 5.41) is 9.03. The molecule has 0 bridgehead atoms. The zero-order valence-electron chi connectivity index (χ0n) is 13.3. The lowest BCUT2D eigenvalue weighted by molar-refractivity contribution is -0.141. The van der Waals surface area contributed by atoms with Crippen LogP contribution < -0.4 is 4.90 Å². The molecule has 1 amide bonds. The molecule has 2 aliphatic rings. The van der Waals surface area contributed by atoms with Gasteiger partial charge in [0.25, 0.3) is 0 Å². The van der Waals surface area contributed by atoms with E-state index in [1.165, 1.54) is 11.8 Å². The Bertz CT molecular complexity index is 642. The molecule has 0 radical (unpaired) electrons. The molecule has 1 aromatic heterocycles. The number of carbonyl (C=O) groups is 1. The highest BCUT2D eigenvalue weighted by Gasteiger charge is 2.42. The number of carboxylic acid groups (broad SMARTS) is 1. The van der Waals surface area contributed by atoms with E-state index >= 15 is 0 Å². The molecule has 2 fully saturated rings. The lowest BCUT2D eigenvalue weighted by Gasteiger charge is -2.38. The largest absolute Gasteiger partial charge is 0.465 e. The van der Waals surface area contributed by atoms with Gasteiger partial charge in [-0.2, -0.15) is 13.2 Å². The fraction of sp³-hybridized carbons (Fsp3) is 0.667. The van der Waals surface area contributed by atoms with Crippen LogP contribution in [-0.2, 0) is 6.18 Å². The minimum atomic E-state index is -4.49. The van der Waals surface area contributed by atoms with E-state index in [0.717, 1.165) is 25.5 Å². The number of likely N-dealkylation sites (tertiary alicyclic amines) is 1. The first-order valence-corrected chi connectivity index (χ1v) is 7.84. The van der Waals surface area contributed by atoms with E-state index in [4.69, 9.17) is 5.11 Å². The van der Waals surface area contributed by atoms with E-state index in [1.807, 2.05) is 4.90 Å². The Balaban J connectivity index is 1.71. The van der Waals surface area contributed by atoms with E-state index in [2.05, 4.69) is 9.97 Å². The van der Waals surface area contributed by atoms with Gasteiger partial charge in [0.05, 0.1) is 11.9 Å². The quantitative estimate of drug-likeness (QED) is 0.848. The SMILES string of the molecule is Cc1nc(C(F)(F)F)cnc1N1CCC2(CCN(C(=O)O)CC2)C1. The third-order valence-electron chi connectivity index (χ3n) is 5.04.